The number of aromatic amines is 2. The van der Waals surface area contributed by atoms with Gasteiger partial charge in [-0.3, -0.25) is 9.78 Å². The standard InChI is InChI=1S/C10H10N2O4/c1-15-5-3-6-8(7(4-5)16-2)9(13)12-10(14)11-6/h3-4H,1-2H3,(H2,11,12,13,14). The van der Waals surface area contributed by atoms with Crippen molar-refractivity contribution in [3.8, 4) is 11.5 Å². The molecule has 2 aromatic rings. The van der Waals surface area contributed by atoms with Crippen LogP contribution in [0.4, 0.5) is 0 Å². The van der Waals surface area contributed by atoms with Crippen LogP contribution in [-0.4, -0.2) is 24.2 Å². The third-order valence-electron chi connectivity index (χ3n) is 2.23. The first kappa shape index (κ1) is 10.3. The molecular weight excluding hydrogens is 212 g/mol. The molecule has 2 rings (SSSR count). The third-order valence-corrected chi connectivity index (χ3v) is 2.23. The molecule has 0 aliphatic rings. The Kier molecular flexibility index (Phi) is 2.40. The molecule has 2 N–H and O–H groups in total. The molecule has 0 radical (unpaired) electrons. The van der Waals surface area contributed by atoms with Crippen molar-refractivity contribution >= 4 is 10.9 Å². The maximum Gasteiger partial charge on any atom is 0.326 e. The van der Waals surface area contributed by atoms with Gasteiger partial charge in [-0.25, -0.2) is 4.79 Å². The Morgan fingerprint density at radius 2 is 1.81 bits per heavy atom. The Balaban J connectivity index is 2.95. The molecule has 0 aliphatic carbocycles. The molecule has 1 heterocycles. The van der Waals surface area contributed by atoms with Crippen LogP contribution in [0, 0.1) is 0 Å². The Bertz CT molecular complexity index is 641. The van der Waals surface area contributed by atoms with Crippen molar-refractivity contribution in [1.82, 2.24) is 9.97 Å². The number of H-pyrrole nitrogens is 2. The highest BCUT2D eigenvalue weighted by atomic mass is 16.5. The van der Waals surface area contributed by atoms with E-state index in [2.05, 4.69) is 9.97 Å². The van der Waals surface area contributed by atoms with Crippen molar-refractivity contribution < 1.29 is 9.47 Å². The summed E-state index contributed by atoms with van der Waals surface area (Å²) < 4.78 is 10.1. The van der Waals surface area contributed by atoms with Gasteiger partial charge in [-0.1, -0.05) is 0 Å². The fourth-order valence-electron chi connectivity index (χ4n) is 1.52. The summed E-state index contributed by atoms with van der Waals surface area (Å²) in [7, 11) is 2.94. The largest absolute Gasteiger partial charge is 0.497 e. The summed E-state index contributed by atoms with van der Waals surface area (Å²) in [5, 5.41) is 0.294. The SMILES string of the molecule is COc1cc(OC)c2c(=O)[nH]c(=O)[nH]c2c1. The molecule has 16 heavy (non-hydrogen) atoms. The van der Waals surface area contributed by atoms with Crippen LogP contribution >= 0.6 is 0 Å². The Morgan fingerprint density at radius 1 is 1.06 bits per heavy atom. The number of benzene rings is 1. The molecule has 1 aromatic carbocycles. The summed E-state index contributed by atoms with van der Waals surface area (Å²) in [4.78, 5) is 27.3. The van der Waals surface area contributed by atoms with Gasteiger partial charge in [-0.2, -0.15) is 0 Å². The van der Waals surface area contributed by atoms with Gasteiger partial charge in [0, 0.05) is 12.1 Å². The molecule has 0 saturated heterocycles. The van der Waals surface area contributed by atoms with Gasteiger partial charge in [0.05, 0.1) is 19.7 Å². The molecule has 0 unspecified atom stereocenters. The molecule has 6 nitrogen and oxygen atoms in total. The van der Waals surface area contributed by atoms with Gasteiger partial charge in [-0.15, -0.1) is 0 Å². The average Bonchev–Trinajstić information content (AvgIpc) is 2.26. The minimum atomic E-state index is -0.562. The molecule has 0 saturated carbocycles. The van der Waals surface area contributed by atoms with Crippen LogP contribution in [-0.2, 0) is 0 Å². The Labute approximate surface area is 89.8 Å². The number of rotatable bonds is 2. The highest BCUT2D eigenvalue weighted by molar-refractivity contribution is 5.85. The lowest BCUT2D eigenvalue weighted by molar-refractivity contribution is 0.397. The maximum absolute atomic E-state index is 11.6. The zero-order valence-electron chi connectivity index (χ0n) is 8.79. The topological polar surface area (TPSA) is 84.2 Å². The van der Waals surface area contributed by atoms with Crippen molar-refractivity contribution in [3.05, 3.63) is 33.0 Å². The molecule has 6 heteroatoms. The second kappa shape index (κ2) is 3.73. The lowest BCUT2D eigenvalue weighted by atomic mass is 10.2. The van der Waals surface area contributed by atoms with E-state index < -0.39 is 11.2 Å². The molecule has 1 aromatic heterocycles. The molecule has 84 valence electrons. The number of nitrogens with one attached hydrogen (secondary N) is 2. The van der Waals surface area contributed by atoms with Crippen LogP contribution < -0.4 is 20.7 Å². The van der Waals surface area contributed by atoms with E-state index in [1.807, 2.05) is 0 Å². The molecule has 0 atom stereocenters. The van der Waals surface area contributed by atoms with Crippen molar-refractivity contribution in [1.29, 1.82) is 0 Å². The number of hydrogen-bond donors (Lipinski definition) is 2. The summed E-state index contributed by atoms with van der Waals surface area (Å²) in [6.07, 6.45) is 0. The van der Waals surface area contributed by atoms with Crippen molar-refractivity contribution in [2.45, 2.75) is 0 Å². The van der Waals surface area contributed by atoms with Gasteiger partial charge in [0.2, 0.25) is 0 Å². The summed E-state index contributed by atoms with van der Waals surface area (Å²) >= 11 is 0. The van der Waals surface area contributed by atoms with Gasteiger partial charge in [0.1, 0.15) is 16.9 Å². The summed E-state index contributed by atoms with van der Waals surface area (Å²) in [6, 6.07) is 3.14. The number of ether oxygens (including phenoxy) is 2. The second-order valence-corrected chi connectivity index (χ2v) is 3.16. The smallest absolute Gasteiger partial charge is 0.326 e. The van der Waals surface area contributed by atoms with E-state index in [9.17, 15) is 9.59 Å². The number of fused-ring (bicyclic) bond motifs is 1. The minimum absolute atomic E-state index is 0.294. The van der Waals surface area contributed by atoms with E-state index in [0.717, 1.165) is 0 Å². The van der Waals surface area contributed by atoms with Crippen LogP contribution in [0.3, 0.4) is 0 Å². The first-order valence-electron chi connectivity index (χ1n) is 4.54. The summed E-state index contributed by atoms with van der Waals surface area (Å²) in [6.45, 7) is 0. The first-order valence-corrected chi connectivity index (χ1v) is 4.54. The van der Waals surface area contributed by atoms with Crippen LogP contribution in [0.25, 0.3) is 10.9 Å². The van der Waals surface area contributed by atoms with Crippen molar-refractivity contribution in [3.63, 3.8) is 0 Å². The summed E-state index contributed by atoms with van der Waals surface area (Å²) in [5.41, 5.74) is -0.670. The fourth-order valence-corrected chi connectivity index (χ4v) is 1.52. The van der Waals surface area contributed by atoms with E-state index in [1.165, 1.54) is 14.2 Å². The van der Waals surface area contributed by atoms with E-state index in [4.69, 9.17) is 9.47 Å². The van der Waals surface area contributed by atoms with Crippen LogP contribution in [0.2, 0.25) is 0 Å². The fraction of sp³-hybridized carbons (Fsp3) is 0.200. The van der Waals surface area contributed by atoms with E-state index in [0.29, 0.717) is 22.4 Å². The lowest BCUT2D eigenvalue weighted by Crippen LogP contribution is -2.22. The van der Waals surface area contributed by atoms with Crippen LogP contribution in [0.5, 0.6) is 11.5 Å². The predicted octanol–water partition coefficient (Wildman–Crippen LogP) is 0.234. The maximum atomic E-state index is 11.6. The van der Waals surface area contributed by atoms with Crippen molar-refractivity contribution in [2.75, 3.05) is 14.2 Å². The molecule has 0 aliphatic heterocycles. The van der Waals surface area contributed by atoms with Gasteiger partial charge < -0.3 is 14.5 Å². The average molecular weight is 222 g/mol. The zero-order chi connectivity index (χ0) is 11.7. The monoisotopic (exact) mass is 222 g/mol. The zero-order valence-corrected chi connectivity index (χ0v) is 8.79. The van der Waals surface area contributed by atoms with Gasteiger partial charge >= 0.3 is 5.69 Å². The van der Waals surface area contributed by atoms with Gasteiger partial charge in [0.25, 0.3) is 5.56 Å². The molecular formula is C10H10N2O4. The normalized spacial score (nSPS) is 10.4. The molecule has 0 bridgehead atoms. The quantitative estimate of drug-likeness (QED) is 0.762. The number of hydrogen-bond acceptors (Lipinski definition) is 4. The van der Waals surface area contributed by atoms with Crippen LogP contribution in [0.15, 0.2) is 21.7 Å². The molecule has 0 amide bonds. The third kappa shape index (κ3) is 1.54. The van der Waals surface area contributed by atoms with Gasteiger partial charge in [0.15, 0.2) is 0 Å². The molecule has 0 spiro atoms. The first-order chi connectivity index (χ1) is 7.65. The minimum Gasteiger partial charge on any atom is -0.497 e. The van der Waals surface area contributed by atoms with Crippen LogP contribution in [0.1, 0.15) is 0 Å². The van der Waals surface area contributed by atoms with E-state index in [-0.39, 0.29) is 0 Å². The number of aromatic nitrogens is 2. The predicted molar refractivity (Wildman–Crippen MR) is 58.3 cm³/mol. The lowest BCUT2D eigenvalue weighted by Gasteiger charge is -2.07. The van der Waals surface area contributed by atoms with E-state index in [1.54, 1.807) is 12.1 Å². The highest BCUT2D eigenvalue weighted by Crippen LogP contribution is 2.26. The second-order valence-electron chi connectivity index (χ2n) is 3.16. The van der Waals surface area contributed by atoms with E-state index >= 15 is 0 Å². The summed E-state index contributed by atoms with van der Waals surface area (Å²) in [5.74, 6) is 0.859. The Hall–Kier alpha value is -2.24. The van der Waals surface area contributed by atoms with Crippen molar-refractivity contribution in [2.24, 2.45) is 0 Å². The number of methoxy groups -OCH3 is 2. The molecule has 0 fully saturated rings. The van der Waals surface area contributed by atoms with Gasteiger partial charge in [-0.05, 0) is 0 Å². The Morgan fingerprint density at radius 3 is 2.44 bits per heavy atom. The highest BCUT2D eigenvalue weighted by Gasteiger charge is 2.09.